The SMILES string of the molecule is CC(=O)Nc1cc(C)c(Cc2cccc(Cl)c2)c(C)c1. The first kappa shape index (κ1) is 14.6. The number of anilines is 1. The monoisotopic (exact) mass is 287 g/mol. The van der Waals surface area contributed by atoms with Gasteiger partial charge in [-0.15, -0.1) is 0 Å². The lowest BCUT2D eigenvalue weighted by Gasteiger charge is -2.13. The second-order valence-corrected chi connectivity index (χ2v) is 5.51. The molecule has 0 bridgehead atoms. The van der Waals surface area contributed by atoms with E-state index in [-0.39, 0.29) is 5.91 Å². The average molecular weight is 288 g/mol. The van der Waals surface area contributed by atoms with Gasteiger partial charge in [-0.25, -0.2) is 0 Å². The molecule has 2 aromatic carbocycles. The molecule has 0 atom stereocenters. The van der Waals surface area contributed by atoms with Gasteiger partial charge in [0, 0.05) is 17.6 Å². The van der Waals surface area contributed by atoms with E-state index in [1.807, 2.05) is 30.3 Å². The topological polar surface area (TPSA) is 29.1 Å². The van der Waals surface area contributed by atoms with Gasteiger partial charge in [0.1, 0.15) is 0 Å². The normalized spacial score (nSPS) is 10.4. The van der Waals surface area contributed by atoms with Crippen molar-refractivity contribution in [3.05, 3.63) is 63.7 Å². The molecule has 1 amide bonds. The van der Waals surface area contributed by atoms with E-state index in [0.717, 1.165) is 17.1 Å². The summed E-state index contributed by atoms with van der Waals surface area (Å²) in [6, 6.07) is 11.9. The molecule has 0 fully saturated rings. The van der Waals surface area contributed by atoms with Gasteiger partial charge in [0.15, 0.2) is 0 Å². The number of carbonyl (C=O) groups is 1. The first-order chi connectivity index (χ1) is 9.45. The van der Waals surface area contributed by atoms with Gasteiger partial charge in [0.25, 0.3) is 0 Å². The van der Waals surface area contributed by atoms with Crippen LogP contribution in [0.4, 0.5) is 5.69 Å². The molecule has 0 saturated heterocycles. The Morgan fingerprint density at radius 3 is 2.35 bits per heavy atom. The molecule has 1 N–H and O–H groups in total. The summed E-state index contributed by atoms with van der Waals surface area (Å²) >= 11 is 6.03. The largest absolute Gasteiger partial charge is 0.326 e. The molecule has 2 aromatic rings. The van der Waals surface area contributed by atoms with Gasteiger partial charge >= 0.3 is 0 Å². The lowest BCUT2D eigenvalue weighted by atomic mass is 9.95. The van der Waals surface area contributed by atoms with Crippen LogP contribution in [-0.4, -0.2) is 5.91 Å². The molecule has 20 heavy (non-hydrogen) atoms. The third kappa shape index (κ3) is 3.61. The van der Waals surface area contributed by atoms with E-state index >= 15 is 0 Å². The van der Waals surface area contributed by atoms with Crippen molar-refractivity contribution < 1.29 is 4.79 Å². The number of nitrogens with one attached hydrogen (secondary N) is 1. The van der Waals surface area contributed by atoms with Crippen molar-refractivity contribution in [2.45, 2.75) is 27.2 Å². The lowest BCUT2D eigenvalue weighted by Crippen LogP contribution is -2.07. The third-order valence-corrected chi connectivity index (χ3v) is 3.52. The molecule has 2 nitrogen and oxygen atoms in total. The predicted octanol–water partition coefficient (Wildman–Crippen LogP) is 4.51. The number of carbonyl (C=O) groups excluding carboxylic acids is 1. The molecule has 0 unspecified atom stereocenters. The van der Waals surface area contributed by atoms with E-state index in [2.05, 4.69) is 25.2 Å². The maximum Gasteiger partial charge on any atom is 0.221 e. The molecule has 0 aliphatic rings. The molecular formula is C17H18ClNO. The van der Waals surface area contributed by atoms with Crippen molar-refractivity contribution in [2.75, 3.05) is 5.32 Å². The van der Waals surface area contributed by atoms with Crippen molar-refractivity contribution in [1.29, 1.82) is 0 Å². The highest BCUT2D eigenvalue weighted by Gasteiger charge is 2.07. The molecule has 0 saturated carbocycles. The van der Waals surface area contributed by atoms with Crippen LogP contribution in [0, 0.1) is 13.8 Å². The van der Waals surface area contributed by atoms with E-state index in [0.29, 0.717) is 0 Å². The minimum absolute atomic E-state index is 0.0496. The quantitative estimate of drug-likeness (QED) is 0.884. The highest BCUT2D eigenvalue weighted by Crippen LogP contribution is 2.24. The summed E-state index contributed by atoms with van der Waals surface area (Å²) in [4.78, 5) is 11.1. The zero-order valence-electron chi connectivity index (χ0n) is 12.0. The minimum Gasteiger partial charge on any atom is -0.326 e. The maximum absolute atomic E-state index is 11.1. The number of rotatable bonds is 3. The van der Waals surface area contributed by atoms with E-state index in [1.54, 1.807) is 0 Å². The number of aryl methyl sites for hydroxylation is 2. The Balaban J connectivity index is 2.31. The summed E-state index contributed by atoms with van der Waals surface area (Å²) in [5, 5.41) is 3.58. The van der Waals surface area contributed by atoms with Gasteiger partial charge in [-0.3, -0.25) is 4.79 Å². The zero-order chi connectivity index (χ0) is 14.7. The van der Waals surface area contributed by atoms with Gasteiger partial charge in [0.2, 0.25) is 5.91 Å². The molecule has 0 aromatic heterocycles. The Morgan fingerprint density at radius 1 is 1.15 bits per heavy atom. The van der Waals surface area contributed by atoms with Crippen LogP contribution >= 0.6 is 11.6 Å². The van der Waals surface area contributed by atoms with E-state index in [4.69, 9.17) is 11.6 Å². The van der Waals surface area contributed by atoms with Crippen molar-refractivity contribution in [2.24, 2.45) is 0 Å². The summed E-state index contributed by atoms with van der Waals surface area (Å²) in [5.41, 5.74) is 5.67. The number of benzene rings is 2. The Morgan fingerprint density at radius 2 is 1.80 bits per heavy atom. The molecule has 2 rings (SSSR count). The molecule has 0 aliphatic carbocycles. The Hall–Kier alpha value is -1.80. The maximum atomic E-state index is 11.1. The number of amides is 1. The Bertz CT molecular complexity index is 626. The standard InChI is InChI=1S/C17H18ClNO/c1-11-7-16(19-13(3)20)8-12(2)17(11)10-14-5-4-6-15(18)9-14/h4-9H,10H2,1-3H3,(H,19,20). The van der Waals surface area contributed by atoms with Crippen LogP contribution in [0.1, 0.15) is 29.2 Å². The van der Waals surface area contributed by atoms with Crippen LogP contribution in [0.5, 0.6) is 0 Å². The number of hydrogen-bond acceptors (Lipinski definition) is 1. The van der Waals surface area contributed by atoms with Crippen molar-refractivity contribution >= 4 is 23.2 Å². The van der Waals surface area contributed by atoms with E-state index in [1.165, 1.54) is 29.2 Å². The van der Waals surface area contributed by atoms with Crippen LogP contribution in [0.2, 0.25) is 5.02 Å². The summed E-state index contributed by atoms with van der Waals surface area (Å²) in [5.74, 6) is -0.0496. The molecule has 0 spiro atoms. The summed E-state index contributed by atoms with van der Waals surface area (Å²) < 4.78 is 0. The van der Waals surface area contributed by atoms with Crippen LogP contribution in [-0.2, 0) is 11.2 Å². The van der Waals surface area contributed by atoms with Gasteiger partial charge in [-0.2, -0.15) is 0 Å². The fourth-order valence-corrected chi connectivity index (χ4v) is 2.61. The van der Waals surface area contributed by atoms with Crippen molar-refractivity contribution in [3.63, 3.8) is 0 Å². The molecule has 0 aliphatic heterocycles. The van der Waals surface area contributed by atoms with Gasteiger partial charge in [0.05, 0.1) is 0 Å². The molecule has 0 heterocycles. The lowest BCUT2D eigenvalue weighted by molar-refractivity contribution is -0.114. The predicted molar refractivity (Wildman–Crippen MR) is 84.5 cm³/mol. The molecule has 3 heteroatoms. The minimum atomic E-state index is -0.0496. The van der Waals surface area contributed by atoms with Crippen molar-refractivity contribution in [3.8, 4) is 0 Å². The summed E-state index contributed by atoms with van der Waals surface area (Å²) in [7, 11) is 0. The highest BCUT2D eigenvalue weighted by molar-refractivity contribution is 6.30. The fraction of sp³-hybridized carbons (Fsp3) is 0.235. The average Bonchev–Trinajstić information content (AvgIpc) is 2.33. The second kappa shape index (κ2) is 6.10. The summed E-state index contributed by atoms with van der Waals surface area (Å²) in [6.07, 6.45) is 0.846. The van der Waals surface area contributed by atoms with Gasteiger partial charge < -0.3 is 5.32 Å². The highest BCUT2D eigenvalue weighted by atomic mass is 35.5. The first-order valence-electron chi connectivity index (χ1n) is 6.58. The van der Waals surface area contributed by atoms with Crippen LogP contribution < -0.4 is 5.32 Å². The number of halogens is 1. The van der Waals surface area contributed by atoms with Crippen molar-refractivity contribution in [1.82, 2.24) is 0 Å². The third-order valence-electron chi connectivity index (χ3n) is 3.29. The van der Waals surface area contributed by atoms with Crippen LogP contribution in [0.25, 0.3) is 0 Å². The Labute approximate surface area is 124 Å². The second-order valence-electron chi connectivity index (χ2n) is 5.08. The van der Waals surface area contributed by atoms with E-state index < -0.39 is 0 Å². The number of hydrogen-bond donors (Lipinski definition) is 1. The summed E-state index contributed by atoms with van der Waals surface area (Å²) in [6.45, 7) is 5.65. The van der Waals surface area contributed by atoms with Gasteiger partial charge in [-0.1, -0.05) is 23.7 Å². The van der Waals surface area contributed by atoms with E-state index in [9.17, 15) is 4.79 Å². The van der Waals surface area contributed by atoms with Crippen LogP contribution in [0.15, 0.2) is 36.4 Å². The van der Waals surface area contributed by atoms with Gasteiger partial charge in [-0.05, 0) is 66.8 Å². The molecule has 104 valence electrons. The fourth-order valence-electron chi connectivity index (χ4n) is 2.40. The first-order valence-corrected chi connectivity index (χ1v) is 6.95. The Kier molecular flexibility index (Phi) is 4.46. The van der Waals surface area contributed by atoms with Crippen LogP contribution in [0.3, 0.4) is 0 Å². The zero-order valence-corrected chi connectivity index (χ0v) is 12.7. The molecular weight excluding hydrogens is 270 g/mol. The molecule has 0 radical (unpaired) electrons. The smallest absolute Gasteiger partial charge is 0.221 e.